The lowest BCUT2D eigenvalue weighted by atomic mass is 10.0. The maximum absolute atomic E-state index is 14.6. The molecule has 0 N–H and O–H groups in total. The van der Waals surface area contributed by atoms with Crippen LogP contribution in [0.5, 0.6) is 0 Å². The van der Waals surface area contributed by atoms with E-state index in [1.807, 2.05) is 24.7 Å². The topological polar surface area (TPSA) is 25.2 Å². The van der Waals surface area contributed by atoms with Gasteiger partial charge in [0.2, 0.25) is 0 Å². The van der Waals surface area contributed by atoms with Crippen LogP contribution in [-0.2, 0) is 7.05 Å². The van der Waals surface area contributed by atoms with Gasteiger partial charge in [-0.3, -0.25) is 4.79 Å². The van der Waals surface area contributed by atoms with Gasteiger partial charge in [0.1, 0.15) is 5.82 Å². The second kappa shape index (κ2) is 5.17. The predicted molar refractivity (Wildman–Crippen MR) is 84.7 cm³/mol. The van der Waals surface area contributed by atoms with Crippen LogP contribution in [0.4, 0.5) is 10.1 Å². The Morgan fingerprint density at radius 3 is 2.48 bits per heavy atom. The Bertz CT molecular complexity index is 758. The highest BCUT2D eigenvalue weighted by Gasteiger charge is 2.21. The van der Waals surface area contributed by atoms with E-state index >= 15 is 0 Å². The van der Waals surface area contributed by atoms with Crippen LogP contribution in [0.25, 0.3) is 10.9 Å². The monoisotopic (exact) mass is 288 g/mol. The summed E-state index contributed by atoms with van der Waals surface area (Å²) in [5, 5.41) is 0.480. The van der Waals surface area contributed by atoms with Crippen LogP contribution in [0.3, 0.4) is 0 Å². The van der Waals surface area contributed by atoms with Crippen molar-refractivity contribution in [1.82, 2.24) is 4.57 Å². The summed E-state index contributed by atoms with van der Waals surface area (Å²) in [5.74, 6) is -0.274. The van der Waals surface area contributed by atoms with E-state index in [0.717, 1.165) is 37.0 Å². The summed E-state index contributed by atoms with van der Waals surface area (Å²) < 4.78 is 16.6. The quantitative estimate of drug-likeness (QED) is 0.804. The van der Waals surface area contributed by atoms with Gasteiger partial charge in [0.05, 0.1) is 11.2 Å². The van der Waals surface area contributed by atoms with Crippen LogP contribution < -0.4 is 10.3 Å². The number of rotatable bonds is 1. The van der Waals surface area contributed by atoms with Gasteiger partial charge in [-0.1, -0.05) is 0 Å². The zero-order valence-electron chi connectivity index (χ0n) is 12.9. The van der Waals surface area contributed by atoms with E-state index in [-0.39, 0.29) is 11.2 Å². The predicted octanol–water partition coefficient (Wildman–Crippen LogP) is 3.28. The summed E-state index contributed by atoms with van der Waals surface area (Å²) >= 11 is 0. The van der Waals surface area contributed by atoms with E-state index < -0.39 is 0 Å². The van der Waals surface area contributed by atoms with Crippen LogP contribution in [0.2, 0.25) is 0 Å². The number of aromatic nitrogens is 1. The normalized spacial score (nSPS) is 15.7. The van der Waals surface area contributed by atoms with Gasteiger partial charge in [-0.15, -0.1) is 0 Å². The van der Waals surface area contributed by atoms with Crippen molar-refractivity contribution in [3.05, 3.63) is 39.4 Å². The van der Waals surface area contributed by atoms with Crippen LogP contribution in [0.15, 0.2) is 17.1 Å². The number of nitrogens with zero attached hydrogens (tertiary/aromatic N) is 2. The third kappa shape index (κ3) is 2.23. The minimum absolute atomic E-state index is 0.0738. The number of halogens is 1. The van der Waals surface area contributed by atoms with Crippen molar-refractivity contribution < 1.29 is 4.39 Å². The largest absolute Gasteiger partial charge is 0.369 e. The maximum Gasteiger partial charge on any atom is 0.192 e. The first-order chi connectivity index (χ1) is 10.0. The molecule has 1 aliphatic heterocycles. The number of fused-ring (bicyclic) bond motifs is 1. The molecule has 2 heterocycles. The van der Waals surface area contributed by atoms with Crippen LogP contribution in [0, 0.1) is 19.7 Å². The Labute approximate surface area is 124 Å². The molecule has 0 radical (unpaired) electrons. The molecule has 2 aromatic rings. The molecule has 4 heteroatoms. The number of benzene rings is 1. The van der Waals surface area contributed by atoms with Crippen molar-refractivity contribution in [2.45, 2.75) is 33.1 Å². The summed E-state index contributed by atoms with van der Waals surface area (Å²) in [6.45, 7) is 5.48. The molecule has 1 aliphatic rings. The molecule has 1 aromatic heterocycles. The van der Waals surface area contributed by atoms with Crippen LogP contribution in [-0.4, -0.2) is 17.7 Å². The standard InChI is InChI=1S/C17H21FN2O/c1-11-10-19(3)15-12(2)16(20-7-5-4-6-8-20)14(18)9-13(15)17(11)21/h9-10H,4-8H2,1-3H3. The van der Waals surface area contributed by atoms with E-state index in [1.165, 1.54) is 12.5 Å². The minimum Gasteiger partial charge on any atom is -0.369 e. The first-order valence-electron chi connectivity index (χ1n) is 7.54. The fourth-order valence-corrected chi connectivity index (χ4v) is 3.52. The molecule has 0 saturated carbocycles. The fourth-order valence-electron chi connectivity index (χ4n) is 3.52. The van der Waals surface area contributed by atoms with Gasteiger partial charge in [0, 0.05) is 37.3 Å². The molecule has 0 aliphatic carbocycles. The third-order valence-corrected chi connectivity index (χ3v) is 4.48. The molecule has 1 fully saturated rings. The fraction of sp³-hybridized carbons (Fsp3) is 0.471. The number of aryl methyl sites for hydroxylation is 3. The Kier molecular flexibility index (Phi) is 3.47. The van der Waals surface area contributed by atoms with Gasteiger partial charge in [0.15, 0.2) is 5.43 Å². The Hall–Kier alpha value is -1.84. The molecule has 0 spiro atoms. The summed E-state index contributed by atoms with van der Waals surface area (Å²) in [6, 6.07) is 1.42. The number of piperidine rings is 1. The van der Waals surface area contributed by atoms with Gasteiger partial charge in [0.25, 0.3) is 0 Å². The molecule has 21 heavy (non-hydrogen) atoms. The average molecular weight is 288 g/mol. The third-order valence-electron chi connectivity index (χ3n) is 4.48. The molecule has 0 atom stereocenters. The lowest BCUT2D eigenvalue weighted by Gasteiger charge is -2.31. The SMILES string of the molecule is Cc1cn(C)c2c(C)c(N3CCCCC3)c(F)cc2c1=O. The molecule has 1 aromatic carbocycles. The smallest absolute Gasteiger partial charge is 0.192 e. The Morgan fingerprint density at radius 2 is 1.81 bits per heavy atom. The van der Waals surface area contributed by atoms with Crippen molar-refractivity contribution >= 4 is 16.6 Å². The first-order valence-corrected chi connectivity index (χ1v) is 7.54. The summed E-state index contributed by atoms with van der Waals surface area (Å²) in [6.07, 6.45) is 5.24. The molecule has 1 saturated heterocycles. The molecular formula is C17H21FN2O. The van der Waals surface area contributed by atoms with E-state index in [1.54, 1.807) is 6.92 Å². The van der Waals surface area contributed by atoms with Crippen molar-refractivity contribution in [1.29, 1.82) is 0 Å². The van der Waals surface area contributed by atoms with E-state index in [2.05, 4.69) is 4.90 Å². The minimum atomic E-state index is -0.274. The van der Waals surface area contributed by atoms with E-state index in [9.17, 15) is 9.18 Å². The Balaban J connectivity index is 2.30. The zero-order valence-corrected chi connectivity index (χ0v) is 12.9. The van der Waals surface area contributed by atoms with Crippen LogP contribution >= 0.6 is 0 Å². The molecule has 3 rings (SSSR count). The maximum atomic E-state index is 14.6. The lowest BCUT2D eigenvalue weighted by molar-refractivity contribution is 0.556. The zero-order chi connectivity index (χ0) is 15.1. The summed E-state index contributed by atoms with van der Waals surface area (Å²) in [5.41, 5.74) is 2.95. The number of hydrogen-bond acceptors (Lipinski definition) is 2. The van der Waals surface area contributed by atoms with E-state index in [4.69, 9.17) is 0 Å². The second-order valence-electron chi connectivity index (χ2n) is 6.03. The highest BCUT2D eigenvalue weighted by molar-refractivity contribution is 5.88. The van der Waals surface area contributed by atoms with Gasteiger partial charge in [-0.2, -0.15) is 0 Å². The van der Waals surface area contributed by atoms with Crippen molar-refractivity contribution in [2.24, 2.45) is 7.05 Å². The molecule has 0 bridgehead atoms. The average Bonchev–Trinajstić information content (AvgIpc) is 2.45. The van der Waals surface area contributed by atoms with Crippen LogP contribution in [0.1, 0.15) is 30.4 Å². The lowest BCUT2D eigenvalue weighted by Crippen LogP contribution is -2.31. The molecule has 0 unspecified atom stereocenters. The summed E-state index contributed by atoms with van der Waals surface area (Å²) in [7, 11) is 1.92. The van der Waals surface area contributed by atoms with Crippen molar-refractivity contribution in [3.8, 4) is 0 Å². The Morgan fingerprint density at radius 1 is 1.14 bits per heavy atom. The molecule has 0 amide bonds. The molecular weight excluding hydrogens is 267 g/mol. The number of pyridine rings is 1. The highest BCUT2D eigenvalue weighted by atomic mass is 19.1. The summed E-state index contributed by atoms with van der Waals surface area (Å²) in [4.78, 5) is 14.4. The van der Waals surface area contributed by atoms with Gasteiger partial charge >= 0.3 is 0 Å². The second-order valence-corrected chi connectivity index (χ2v) is 6.03. The molecule has 112 valence electrons. The molecule has 3 nitrogen and oxygen atoms in total. The van der Waals surface area contributed by atoms with Crippen molar-refractivity contribution in [3.63, 3.8) is 0 Å². The number of hydrogen-bond donors (Lipinski definition) is 0. The highest BCUT2D eigenvalue weighted by Crippen LogP contribution is 2.32. The van der Waals surface area contributed by atoms with Gasteiger partial charge in [-0.25, -0.2) is 4.39 Å². The first kappa shape index (κ1) is 14.1. The van der Waals surface area contributed by atoms with Crippen molar-refractivity contribution in [2.75, 3.05) is 18.0 Å². The van der Waals surface area contributed by atoms with Gasteiger partial charge < -0.3 is 9.47 Å². The van der Waals surface area contributed by atoms with Gasteiger partial charge in [-0.05, 0) is 44.7 Å². The number of anilines is 1. The van der Waals surface area contributed by atoms with E-state index in [0.29, 0.717) is 16.6 Å².